The fourth-order valence-electron chi connectivity index (χ4n) is 1.63. The molecule has 0 aliphatic rings. The number of rotatable bonds is 7. The predicted molar refractivity (Wildman–Crippen MR) is 69.2 cm³/mol. The maximum absolute atomic E-state index is 5.82. The van der Waals surface area contributed by atoms with E-state index in [4.69, 9.17) is 10.5 Å². The Hall–Kier alpha value is -1.36. The van der Waals surface area contributed by atoms with E-state index >= 15 is 0 Å². The normalized spacial score (nSPS) is 11.3. The number of nitrogens with zero attached hydrogens (tertiary/aromatic N) is 2. The van der Waals surface area contributed by atoms with Crippen LogP contribution >= 0.6 is 0 Å². The van der Waals surface area contributed by atoms with Crippen LogP contribution in [0.25, 0.3) is 0 Å². The first-order valence-corrected chi connectivity index (χ1v) is 6.13. The first-order chi connectivity index (χ1) is 8.19. The number of nitrogens with one attached hydrogen (secondary N) is 1. The van der Waals surface area contributed by atoms with Crippen molar-refractivity contribution in [3.8, 4) is 5.88 Å². The van der Waals surface area contributed by atoms with Crippen LogP contribution in [-0.4, -0.2) is 28.7 Å². The van der Waals surface area contributed by atoms with Crippen LogP contribution in [0.15, 0.2) is 12.3 Å². The summed E-state index contributed by atoms with van der Waals surface area (Å²) in [5.74, 6) is 1.16. The standard InChI is InChI=1S/C12H22N4O/c1-4-12(5-2,9-13)16-11-14-8-7-10(15-11)17-6-3/h7-8H,4-6,9,13H2,1-3H3,(H,14,15,16). The molecule has 3 N–H and O–H groups in total. The van der Waals surface area contributed by atoms with Gasteiger partial charge in [0.25, 0.3) is 0 Å². The molecule has 0 radical (unpaired) electrons. The molecule has 1 heterocycles. The maximum atomic E-state index is 5.82. The van der Waals surface area contributed by atoms with Crippen molar-refractivity contribution in [1.82, 2.24) is 9.97 Å². The number of ether oxygens (including phenoxy) is 1. The van der Waals surface area contributed by atoms with Gasteiger partial charge in [-0.2, -0.15) is 4.98 Å². The summed E-state index contributed by atoms with van der Waals surface area (Å²) in [7, 11) is 0. The second-order valence-electron chi connectivity index (χ2n) is 3.97. The fraction of sp³-hybridized carbons (Fsp3) is 0.667. The Balaban J connectivity index is 2.82. The van der Waals surface area contributed by atoms with E-state index in [9.17, 15) is 0 Å². The number of anilines is 1. The van der Waals surface area contributed by atoms with E-state index in [-0.39, 0.29) is 5.54 Å². The van der Waals surface area contributed by atoms with Crippen LogP contribution in [0, 0.1) is 0 Å². The van der Waals surface area contributed by atoms with Crippen LogP contribution in [0.4, 0.5) is 5.95 Å². The minimum absolute atomic E-state index is 0.134. The summed E-state index contributed by atoms with van der Waals surface area (Å²) in [6.07, 6.45) is 3.55. The average Bonchev–Trinajstić information content (AvgIpc) is 2.37. The lowest BCUT2D eigenvalue weighted by atomic mass is 9.93. The van der Waals surface area contributed by atoms with Gasteiger partial charge in [-0.3, -0.25) is 0 Å². The second kappa shape index (κ2) is 6.39. The van der Waals surface area contributed by atoms with Crippen molar-refractivity contribution in [2.24, 2.45) is 5.73 Å². The minimum Gasteiger partial charge on any atom is -0.478 e. The third-order valence-corrected chi connectivity index (χ3v) is 3.04. The van der Waals surface area contributed by atoms with Crippen LogP contribution < -0.4 is 15.8 Å². The molecule has 17 heavy (non-hydrogen) atoms. The van der Waals surface area contributed by atoms with Gasteiger partial charge in [-0.25, -0.2) is 4.98 Å². The lowest BCUT2D eigenvalue weighted by molar-refractivity contribution is 0.326. The maximum Gasteiger partial charge on any atom is 0.226 e. The molecule has 0 unspecified atom stereocenters. The molecule has 5 nitrogen and oxygen atoms in total. The molecule has 0 aliphatic carbocycles. The lowest BCUT2D eigenvalue weighted by Gasteiger charge is -2.31. The van der Waals surface area contributed by atoms with Crippen LogP contribution in [0.5, 0.6) is 5.88 Å². The zero-order valence-corrected chi connectivity index (χ0v) is 10.9. The van der Waals surface area contributed by atoms with E-state index in [0.717, 1.165) is 12.8 Å². The monoisotopic (exact) mass is 238 g/mol. The van der Waals surface area contributed by atoms with Crippen LogP contribution in [-0.2, 0) is 0 Å². The van der Waals surface area contributed by atoms with Crippen LogP contribution in [0.1, 0.15) is 33.6 Å². The zero-order chi connectivity index (χ0) is 12.7. The number of hydrogen-bond acceptors (Lipinski definition) is 5. The highest BCUT2D eigenvalue weighted by atomic mass is 16.5. The Morgan fingerprint density at radius 2 is 2.06 bits per heavy atom. The van der Waals surface area contributed by atoms with Crippen LogP contribution in [0.2, 0.25) is 0 Å². The molecule has 0 aromatic carbocycles. The molecule has 0 bridgehead atoms. The van der Waals surface area contributed by atoms with Crippen molar-refractivity contribution >= 4 is 5.95 Å². The Bertz CT molecular complexity index is 331. The first-order valence-electron chi connectivity index (χ1n) is 6.13. The SMILES string of the molecule is CCOc1ccnc(NC(CC)(CC)CN)n1. The molecule has 0 amide bonds. The third kappa shape index (κ3) is 3.56. The van der Waals surface area contributed by atoms with Gasteiger partial charge >= 0.3 is 0 Å². The van der Waals surface area contributed by atoms with Crippen molar-refractivity contribution in [1.29, 1.82) is 0 Å². The highest BCUT2D eigenvalue weighted by Gasteiger charge is 2.24. The van der Waals surface area contributed by atoms with E-state index in [1.165, 1.54) is 0 Å². The summed E-state index contributed by atoms with van der Waals surface area (Å²) in [5, 5.41) is 3.31. The summed E-state index contributed by atoms with van der Waals surface area (Å²) in [6, 6.07) is 1.75. The van der Waals surface area contributed by atoms with Crippen molar-refractivity contribution < 1.29 is 4.74 Å². The Kier molecular flexibility index (Phi) is 5.15. The van der Waals surface area contributed by atoms with Gasteiger partial charge < -0.3 is 15.8 Å². The van der Waals surface area contributed by atoms with E-state index in [1.807, 2.05) is 6.92 Å². The molecule has 96 valence electrons. The van der Waals surface area contributed by atoms with Gasteiger partial charge in [0.15, 0.2) is 0 Å². The van der Waals surface area contributed by atoms with Crippen molar-refractivity contribution in [2.45, 2.75) is 39.2 Å². The summed E-state index contributed by atoms with van der Waals surface area (Å²) in [5.41, 5.74) is 5.69. The van der Waals surface area contributed by atoms with E-state index < -0.39 is 0 Å². The lowest BCUT2D eigenvalue weighted by Crippen LogP contribution is -2.44. The van der Waals surface area contributed by atoms with Gasteiger partial charge in [-0.05, 0) is 19.8 Å². The molecule has 0 saturated heterocycles. The average molecular weight is 238 g/mol. The highest BCUT2D eigenvalue weighted by Crippen LogP contribution is 2.19. The molecule has 1 rings (SSSR count). The Labute approximate surface area is 103 Å². The van der Waals surface area contributed by atoms with E-state index in [1.54, 1.807) is 12.3 Å². The van der Waals surface area contributed by atoms with Gasteiger partial charge in [0.05, 0.1) is 12.1 Å². The van der Waals surface area contributed by atoms with E-state index in [2.05, 4.69) is 29.1 Å². The third-order valence-electron chi connectivity index (χ3n) is 3.04. The summed E-state index contributed by atoms with van der Waals surface area (Å²) in [6.45, 7) is 7.30. The molecular weight excluding hydrogens is 216 g/mol. The summed E-state index contributed by atoms with van der Waals surface area (Å²) in [4.78, 5) is 8.48. The highest BCUT2D eigenvalue weighted by molar-refractivity contribution is 5.31. The minimum atomic E-state index is -0.134. The molecule has 1 aromatic heterocycles. The Morgan fingerprint density at radius 3 is 2.59 bits per heavy atom. The van der Waals surface area contributed by atoms with E-state index in [0.29, 0.717) is 25.0 Å². The van der Waals surface area contributed by atoms with Gasteiger partial charge in [0.2, 0.25) is 11.8 Å². The molecule has 1 aromatic rings. The predicted octanol–water partition coefficient (Wildman–Crippen LogP) is 1.80. The van der Waals surface area contributed by atoms with Crippen molar-refractivity contribution in [3.63, 3.8) is 0 Å². The van der Waals surface area contributed by atoms with Crippen LogP contribution in [0.3, 0.4) is 0 Å². The number of aromatic nitrogens is 2. The van der Waals surface area contributed by atoms with Gasteiger partial charge in [0.1, 0.15) is 0 Å². The smallest absolute Gasteiger partial charge is 0.226 e. The summed E-state index contributed by atoms with van der Waals surface area (Å²) < 4.78 is 5.34. The number of nitrogens with two attached hydrogens (primary N) is 1. The van der Waals surface area contributed by atoms with Gasteiger partial charge in [0, 0.05) is 18.8 Å². The summed E-state index contributed by atoms with van der Waals surface area (Å²) >= 11 is 0. The molecular formula is C12H22N4O. The Morgan fingerprint density at radius 1 is 1.35 bits per heavy atom. The molecule has 0 saturated carbocycles. The van der Waals surface area contributed by atoms with Crippen molar-refractivity contribution in [3.05, 3.63) is 12.3 Å². The fourth-order valence-corrected chi connectivity index (χ4v) is 1.63. The van der Waals surface area contributed by atoms with Gasteiger partial charge in [-0.1, -0.05) is 13.8 Å². The topological polar surface area (TPSA) is 73.1 Å². The molecule has 0 aliphatic heterocycles. The number of hydrogen-bond donors (Lipinski definition) is 2. The molecule has 0 fully saturated rings. The van der Waals surface area contributed by atoms with Gasteiger partial charge in [-0.15, -0.1) is 0 Å². The molecule has 0 spiro atoms. The molecule has 0 atom stereocenters. The second-order valence-corrected chi connectivity index (χ2v) is 3.97. The largest absolute Gasteiger partial charge is 0.478 e. The van der Waals surface area contributed by atoms with Crippen molar-refractivity contribution in [2.75, 3.05) is 18.5 Å². The quantitative estimate of drug-likeness (QED) is 0.758. The molecule has 5 heteroatoms. The first kappa shape index (κ1) is 13.7. The zero-order valence-electron chi connectivity index (χ0n) is 10.9.